The molecule has 1 aromatic carbocycles. The fraction of sp³-hybridized carbons (Fsp3) is 0.421. The third-order valence-electron chi connectivity index (χ3n) is 4.74. The molecule has 0 atom stereocenters. The van der Waals surface area contributed by atoms with Crippen molar-refractivity contribution < 1.29 is 14.0 Å². The zero-order valence-electron chi connectivity index (χ0n) is 14.9. The number of amides is 2. The number of carbonyl (C=O) groups excluding carboxylic acids is 2. The van der Waals surface area contributed by atoms with Crippen molar-refractivity contribution >= 4 is 11.8 Å². The molecule has 3 rings (SSSR count). The first-order valence-electron chi connectivity index (χ1n) is 8.84. The normalized spacial score (nSPS) is 15.0. The van der Waals surface area contributed by atoms with Crippen LogP contribution in [0.3, 0.4) is 0 Å². The Kier molecular flexibility index (Phi) is 5.65. The van der Waals surface area contributed by atoms with Crippen molar-refractivity contribution in [1.82, 2.24) is 19.6 Å². The van der Waals surface area contributed by atoms with Gasteiger partial charge in [-0.1, -0.05) is 0 Å². The molecule has 2 aromatic rings. The number of aromatic nitrogens is 2. The highest BCUT2D eigenvalue weighted by Crippen LogP contribution is 2.12. The van der Waals surface area contributed by atoms with Gasteiger partial charge in [0.1, 0.15) is 5.82 Å². The van der Waals surface area contributed by atoms with Crippen LogP contribution in [0, 0.1) is 5.82 Å². The van der Waals surface area contributed by atoms with Crippen LogP contribution in [0.25, 0.3) is 0 Å². The SMILES string of the molecule is Cn1nccc1CCC(=O)N1CCCN(C(=O)c2ccc(F)cc2)CC1. The minimum atomic E-state index is -0.359. The average Bonchev–Trinajstić information content (AvgIpc) is 2.90. The van der Waals surface area contributed by atoms with E-state index in [-0.39, 0.29) is 17.6 Å². The minimum absolute atomic E-state index is 0.0993. The van der Waals surface area contributed by atoms with Gasteiger partial charge in [0.15, 0.2) is 0 Å². The summed E-state index contributed by atoms with van der Waals surface area (Å²) in [6, 6.07) is 7.50. The van der Waals surface area contributed by atoms with Crippen LogP contribution in [0.4, 0.5) is 4.39 Å². The highest BCUT2D eigenvalue weighted by Gasteiger charge is 2.22. The van der Waals surface area contributed by atoms with Crippen LogP contribution in [-0.4, -0.2) is 57.6 Å². The summed E-state index contributed by atoms with van der Waals surface area (Å²) in [5, 5.41) is 4.11. The summed E-state index contributed by atoms with van der Waals surface area (Å²) in [5.41, 5.74) is 1.50. The van der Waals surface area contributed by atoms with E-state index in [0.717, 1.165) is 12.1 Å². The molecule has 6 nitrogen and oxygen atoms in total. The van der Waals surface area contributed by atoms with Gasteiger partial charge in [-0.05, 0) is 43.2 Å². The molecule has 0 bridgehead atoms. The van der Waals surface area contributed by atoms with E-state index in [4.69, 9.17) is 0 Å². The van der Waals surface area contributed by atoms with Crippen molar-refractivity contribution in [3.63, 3.8) is 0 Å². The average molecular weight is 358 g/mol. The van der Waals surface area contributed by atoms with Gasteiger partial charge >= 0.3 is 0 Å². The highest BCUT2D eigenvalue weighted by atomic mass is 19.1. The van der Waals surface area contributed by atoms with Crippen LogP contribution in [0.15, 0.2) is 36.5 Å². The second-order valence-corrected chi connectivity index (χ2v) is 6.48. The van der Waals surface area contributed by atoms with E-state index >= 15 is 0 Å². The monoisotopic (exact) mass is 358 g/mol. The third-order valence-corrected chi connectivity index (χ3v) is 4.74. The molecular weight excluding hydrogens is 335 g/mol. The molecule has 0 saturated carbocycles. The molecule has 26 heavy (non-hydrogen) atoms. The molecule has 0 N–H and O–H groups in total. The van der Waals surface area contributed by atoms with Crippen LogP contribution >= 0.6 is 0 Å². The highest BCUT2D eigenvalue weighted by molar-refractivity contribution is 5.94. The second kappa shape index (κ2) is 8.12. The molecule has 2 heterocycles. The standard InChI is InChI=1S/C19H23FN4O2/c1-22-17(9-10-21-22)7-8-18(25)23-11-2-12-24(14-13-23)19(26)15-3-5-16(20)6-4-15/h3-6,9-10H,2,7-8,11-14H2,1H3. The Morgan fingerprint density at radius 1 is 1.04 bits per heavy atom. The van der Waals surface area contributed by atoms with E-state index < -0.39 is 0 Å². The molecule has 0 unspecified atom stereocenters. The molecule has 1 aliphatic heterocycles. The van der Waals surface area contributed by atoms with Gasteiger partial charge < -0.3 is 9.80 Å². The first-order valence-corrected chi connectivity index (χ1v) is 8.84. The van der Waals surface area contributed by atoms with E-state index in [1.54, 1.807) is 15.8 Å². The van der Waals surface area contributed by atoms with Gasteiger partial charge in [0.2, 0.25) is 5.91 Å². The Labute approximate surface area is 152 Å². The zero-order valence-corrected chi connectivity index (χ0v) is 14.9. The molecular formula is C19H23FN4O2. The van der Waals surface area contributed by atoms with Crippen molar-refractivity contribution in [2.24, 2.45) is 7.05 Å². The van der Waals surface area contributed by atoms with Gasteiger partial charge in [-0.15, -0.1) is 0 Å². The lowest BCUT2D eigenvalue weighted by Gasteiger charge is -2.22. The van der Waals surface area contributed by atoms with Crippen LogP contribution in [0.1, 0.15) is 28.9 Å². The Morgan fingerprint density at radius 2 is 1.73 bits per heavy atom. The van der Waals surface area contributed by atoms with Gasteiger partial charge in [-0.2, -0.15) is 5.10 Å². The summed E-state index contributed by atoms with van der Waals surface area (Å²) in [6.07, 6.45) is 3.56. The quantitative estimate of drug-likeness (QED) is 0.838. The summed E-state index contributed by atoms with van der Waals surface area (Å²) in [4.78, 5) is 28.6. The summed E-state index contributed by atoms with van der Waals surface area (Å²) >= 11 is 0. The van der Waals surface area contributed by atoms with Gasteiger partial charge in [-0.25, -0.2) is 4.39 Å². The van der Waals surface area contributed by atoms with E-state index in [1.807, 2.05) is 18.0 Å². The number of hydrogen-bond acceptors (Lipinski definition) is 3. The number of carbonyl (C=O) groups is 2. The van der Waals surface area contributed by atoms with Crippen molar-refractivity contribution in [3.8, 4) is 0 Å². The number of hydrogen-bond donors (Lipinski definition) is 0. The third kappa shape index (κ3) is 4.28. The fourth-order valence-corrected chi connectivity index (χ4v) is 3.18. The van der Waals surface area contributed by atoms with Gasteiger partial charge in [0.25, 0.3) is 5.91 Å². The van der Waals surface area contributed by atoms with E-state index in [0.29, 0.717) is 44.6 Å². The van der Waals surface area contributed by atoms with Crippen LogP contribution in [0.5, 0.6) is 0 Å². The topological polar surface area (TPSA) is 58.4 Å². The lowest BCUT2D eigenvalue weighted by molar-refractivity contribution is -0.131. The molecule has 1 saturated heterocycles. The van der Waals surface area contributed by atoms with E-state index in [2.05, 4.69) is 5.10 Å². The van der Waals surface area contributed by atoms with E-state index in [1.165, 1.54) is 24.3 Å². The number of nitrogens with zero attached hydrogens (tertiary/aromatic N) is 4. The molecule has 138 valence electrons. The summed E-state index contributed by atoms with van der Waals surface area (Å²) in [6.45, 7) is 2.27. The van der Waals surface area contributed by atoms with Crippen molar-refractivity contribution in [1.29, 1.82) is 0 Å². The Balaban J connectivity index is 1.54. The van der Waals surface area contributed by atoms with Crippen LogP contribution in [0.2, 0.25) is 0 Å². The zero-order chi connectivity index (χ0) is 18.5. The van der Waals surface area contributed by atoms with Gasteiger partial charge in [-0.3, -0.25) is 14.3 Å². The molecule has 7 heteroatoms. The molecule has 1 fully saturated rings. The Bertz CT molecular complexity index is 772. The van der Waals surface area contributed by atoms with Gasteiger partial charge in [0, 0.05) is 57.1 Å². The summed E-state index contributed by atoms with van der Waals surface area (Å²) in [7, 11) is 1.87. The predicted molar refractivity (Wildman–Crippen MR) is 95.0 cm³/mol. The maximum Gasteiger partial charge on any atom is 0.253 e. The maximum absolute atomic E-state index is 13.0. The van der Waals surface area contributed by atoms with Crippen molar-refractivity contribution in [2.75, 3.05) is 26.2 Å². The molecule has 1 aromatic heterocycles. The fourth-order valence-electron chi connectivity index (χ4n) is 3.18. The predicted octanol–water partition coefficient (Wildman–Crippen LogP) is 1.87. The van der Waals surface area contributed by atoms with Crippen molar-refractivity contribution in [3.05, 3.63) is 53.6 Å². The lowest BCUT2D eigenvalue weighted by Crippen LogP contribution is -2.37. The van der Waals surface area contributed by atoms with Crippen LogP contribution in [-0.2, 0) is 18.3 Å². The number of benzene rings is 1. The Morgan fingerprint density at radius 3 is 2.42 bits per heavy atom. The van der Waals surface area contributed by atoms with E-state index in [9.17, 15) is 14.0 Å². The first-order chi connectivity index (χ1) is 12.5. The number of halogens is 1. The lowest BCUT2D eigenvalue weighted by atomic mass is 10.2. The molecule has 1 aliphatic rings. The molecule has 2 amide bonds. The first kappa shape index (κ1) is 18.1. The molecule has 0 radical (unpaired) electrons. The Hall–Kier alpha value is -2.70. The van der Waals surface area contributed by atoms with Crippen molar-refractivity contribution in [2.45, 2.75) is 19.3 Å². The smallest absolute Gasteiger partial charge is 0.253 e. The number of aryl methyl sites for hydroxylation is 2. The summed E-state index contributed by atoms with van der Waals surface area (Å²) < 4.78 is 14.8. The summed E-state index contributed by atoms with van der Waals surface area (Å²) in [5.74, 6) is -0.376. The number of rotatable bonds is 4. The largest absolute Gasteiger partial charge is 0.341 e. The minimum Gasteiger partial charge on any atom is -0.341 e. The van der Waals surface area contributed by atoms with Gasteiger partial charge in [0.05, 0.1) is 0 Å². The molecule has 0 spiro atoms. The second-order valence-electron chi connectivity index (χ2n) is 6.48. The van der Waals surface area contributed by atoms with Crippen LogP contribution < -0.4 is 0 Å². The maximum atomic E-state index is 13.0. The molecule has 0 aliphatic carbocycles.